The molecule has 0 unspecified atom stereocenters. The van der Waals surface area contributed by atoms with E-state index in [4.69, 9.17) is 5.73 Å². The summed E-state index contributed by atoms with van der Waals surface area (Å²) in [6.45, 7) is 0. The SMILES string of the molecule is CSc1ccc2c(C3(c4ccc(-c5cnc(N)nc5)cc4)CCC3)c[nH]c2c1. The van der Waals surface area contributed by atoms with Crippen LogP contribution >= 0.6 is 11.8 Å². The van der Waals surface area contributed by atoms with Crippen molar-refractivity contribution in [3.8, 4) is 11.1 Å². The first-order valence-corrected chi connectivity index (χ1v) is 10.8. The Labute approximate surface area is 168 Å². The minimum absolute atomic E-state index is 0.106. The van der Waals surface area contributed by atoms with E-state index in [9.17, 15) is 0 Å². The molecule has 0 amide bonds. The van der Waals surface area contributed by atoms with Crippen LogP contribution in [0.4, 0.5) is 5.95 Å². The highest BCUT2D eigenvalue weighted by atomic mass is 32.2. The molecule has 3 N–H and O–H groups in total. The van der Waals surface area contributed by atoms with Crippen molar-refractivity contribution in [2.75, 3.05) is 12.0 Å². The molecule has 1 saturated carbocycles. The average Bonchev–Trinajstić information content (AvgIpc) is 3.12. The number of rotatable bonds is 4. The Morgan fingerprint density at radius 2 is 1.75 bits per heavy atom. The summed E-state index contributed by atoms with van der Waals surface area (Å²) in [6.07, 6.45) is 11.5. The largest absolute Gasteiger partial charge is 0.368 e. The summed E-state index contributed by atoms with van der Waals surface area (Å²) in [5.41, 5.74) is 11.8. The molecule has 0 bridgehead atoms. The highest BCUT2D eigenvalue weighted by Crippen LogP contribution is 2.51. The summed E-state index contributed by atoms with van der Waals surface area (Å²) in [4.78, 5) is 13.0. The Morgan fingerprint density at radius 3 is 2.39 bits per heavy atom. The van der Waals surface area contributed by atoms with Gasteiger partial charge in [0.2, 0.25) is 5.95 Å². The number of hydrogen-bond acceptors (Lipinski definition) is 4. The molecule has 2 aromatic heterocycles. The number of nitrogens with two attached hydrogens (primary N) is 1. The molecule has 0 aliphatic heterocycles. The van der Waals surface area contributed by atoms with E-state index in [-0.39, 0.29) is 5.41 Å². The molecule has 0 spiro atoms. The lowest BCUT2D eigenvalue weighted by Crippen LogP contribution is -2.35. The molecule has 1 fully saturated rings. The van der Waals surface area contributed by atoms with Gasteiger partial charge in [-0.05, 0) is 47.9 Å². The van der Waals surface area contributed by atoms with E-state index in [1.807, 2.05) is 0 Å². The summed E-state index contributed by atoms with van der Waals surface area (Å²) in [7, 11) is 0. The maximum absolute atomic E-state index is 5.60. The predicted octanol–water partition coefficient (Wildman–Crippen LogP) is 5.40. The third-order valence-electron chi connectivity index (χ3n) is 6.05. The molecule has 140 valence electrons. The number of hydrogen-bond donors (Lipinski definition) is 2. The maximum Gasteiger partial charge on any atom is 0.219 e. The fourth-order valence-corrected chi connectivity index (χ4v) is 4.78. The standard InChI is InChI=1S/C23H22N4S/c1-28-18-7-8-19-20(14-25-21(19)11-18)23(9-2-10-23)17-5-3-15(4-6-17)16-12-26-22(24)27-13-16/h3-8,11-14,25H,2,9-10H2,1H3,(H2,24,26,27). The van der Waals surface area contributed by atoms with Crippen LogP contribution in [-0.4, -0.2) is 21.2 Å². The second kappa shape index (κ2) is 6.67. The van der Waals surface area contributed by atoms with Crippen molar-refractivity contribution in [3.63, 3.8) is 0 Å². The fraction of sp³-hybridized carbons (Fsp3) is 0.217. The van der Waals surface area contributed by atoms with Gasteiger partial charge in [0.05, 0.1) is 0 Å². The van der Waals surface area contributed by atoms with Gasteiger partial charge in [-0.3, -0.25) is 0 Å². The third-order valence-corrected chi connectivity index (χ3v) is 6.78. The molecule has 28 heavy (non-hydrogen) atoms. The average molecular weight is 387 g/mol. The first-order valence-electron chi connectivity index (χ1n) is 9.54. The molecule has 0 radical (unpaired) electrons. The van der Waals surface area contributed by atoms with E-state index in [0.29, 0.717) is 5.95 Å². The third kappa shape index (κ3) is 2.69. The minimum Gasteiger partial charge on any atom is -0.368 e. The van der Waals surface area contributed by atoms with Gasteiger partial charge in [-0.2, -0.15) is 0 Å². The summed E-state index contributed by atoms with van der Waals surface area (Å²) in [5, 5.41) is 1.34. The van der Waals surface area contributed by atoms with Crippen LogP contribution in [0.3, 0.4) is 0 Å². The summed E-state index contributed by atoms with van der Waals surface area (Å²) in [6, 6.07) is 15.6. The number of aromatic amines is 1. The first-order chi connectivity index (χ1) is 13.7. The highest BCUT2D eigenvalue weighted by Gasteiger charge is 2.41. The number of nitrogens with one attached hydrogen (secondary N) is 1. The van der Waals surface area contributed by atoms with Crippen molar-refractivity contribution < 1.29 is 0 Å². The van der Waals surface area contributed by atoms with Gasteiger partial charge < -0.3 is 10.7 Å². The van der Waals surface area contributed by atoms with Gasteiger partial charge in [0, 0.05) is 45.4 Å². The molecule has 5 heteroatoms. The number of anilines is 1. The Bertz CT molecular complexity index is 1130. The van der Waals surface area contributed by atoms with E-state index < -0.39 is 0 Å². The number of thioether (sulfide) groups is 1. The molecule has 2 heterocycles. The fourth-order valence-electron chi connectivity index (χ4n) is 4.34. The number of nitrogens with zero attached hydrogens (tertiary/aromatic N) is 2. The van der Waals surface area contributed by atoms with E-state index in [2.05, 4.69) is 69.9 Å². The van der Waals surface area contributed by atoms with Crippen molar-refractivity contribution >= 4 is 28.6 Å². The van der Waals surface area contributed by atoms with Gasteiger partial charge in [-0.15, -0.1) is 11.8 Å². The lowest BCUT2D eigenvalue weighted by molar-refractivity contribution is 0.304. The van der Waals surface area contributed by atoms with E-state index in [0.717, 1.165) is 11.1 Å². The number of H-pyrrole nitrogens is 1. The summed E-state index contributed by atoms with van der Waals surface area (Å²) in [5.74, 6) is 0.303. The van der Waals surface area contributed by atoms with Crippen molar-refractivity contribution in [3.05, 3.63) is 72.2 Å². The maximum atomic E-state index is 5.60. The van der Waals surface area contributed by atoms with Crippen molar-refractivity contribution in [1.29, 1.82) is 0 Å². The topological polar surface area (TPSA) is 67.6 Å². The Morgan fingerprint density at radius 1 is 1.00 bits per heavy atom. The zero-order valence-electron chi connectivity index (χ0n) is 15.8. The Kier molecular flexibility index (Phi) is 4.13. The van der Waals surface area contributed by atoms with Crippen LogP contribution in [0.5, 0.6) is 0 Å². The van der Waals surface area contributed by atoms with E-state index in [1.165, 1.54) is 46.2 Å². The first kappa shape index (κ1) is 17.3. The minimum atomic E-state index is 0.106. The Balaban J connectivity index is 1.54. The van der Waals surface area contributed by atoms with E-state index >= 15 is 0 Å². The Hall–Kier alpha value is -2.79. The summed E-state index contributed by atoms with van der Waals surface area (Å²) >= 11 is 1.78. The van der Waals surface area contributed by atoms with Gasteiger partial charge in [0.1, 0.15) is 0 Å². The molecule has 1 aliphatic carbocycles. The van der Waals surface area contributed by atoms with Crippen molar-refractivity contribution in [2.45, 2.75) is 29.6 Å². The van der Waals surface area contributed by atoms with Crippen LogP contribution in [-0.2, 0) is 5.41 Å². The summed E-state index contributed by atoms with van der Waals surface area (Å²) < 4.78 is 0. The van der Waals surface area contributed by atoms with E-state index in [1.54, 1.807) is 24.2 Å². The molecule has 4 aromatic rings. The van der Waals surface area contributed by atoms with Crippen molar-refractivity contribution in [1.82, 2.24) is 15.0 Å². The molecule has 2 aromatic carbocycles. The zero-order valence-corrected chi connectivity index (χ0v) is 16.6. The van der Waals surface area contributed by atoms with Crippen LogP contribution in [0.2, 0.25) is 0 Å². The number of fused-ring (bicyclic) bond motifs is 1. The molecular formula is C23H22N4S. The molecule has 1 aliphatic rings. The predicted molar refractivity (Wildman–Crippen MR) is 117 cm³/mol. The molecule has 4 nitrogen and oxygen atoms in total. The van der Waals surface area contributed by atoms with Gasteiger partial charge in [-0.1, -0.05) is 36.8 Å². The monoisotopic (exact) mass is 386 g/mol. The second-order valence-electron chi connectivity index (χ2n) is 7.46. The van der Waals surface area contributed by atoms with Crippen LogP contribution in [0, 0.1) is 0 Å². The zero-order chi connectivity index (χ0) is 19.1. The highest BCUT2D eigenvalue weighted by molar-refractivity contribution is 7.98. The lowest BCUT2D eigenvalue weighted by atomic mass is 9.60. The normalized spacial score (nSPS) is 15.5. The van der Waals surface area contributed by atoms with Crippen LogP contribution in [0.1, 0.15) is 30.4 Å². The smallest absolute Gasteiger partial charge is 0.219 e. The van der Waals surface area contributed by atoms with Crippen LogP contribution in [0.15, 0.2) is 66.0 Å². The second-order valence-corrected chi connectivity index (χ2v) is 8.34. The van der Waals surface area contributed by atoms with Gasteiger partial charge in [-0.25, -0.2) is 9.97 Å². The lowest BCUT2D eigenvalue weighted by Gasteiger charge is -2.43. The van der Waals surface area contributed by atoms with Crippen LogP contribution < -0.4 is 5.73 Å². The van der Waals surface area contributed by atoms with Gasteiger partial charge in [0.15, 0.2) is 0 Å². The van der Waals surface area contributed by atoms with Crippen molar-refractivity contribution in [2.24, 2.45) is 0 Å². The van der Waals surface area contributed by atoms with Gasteiger partial charge >= 0.3 is 0 Å². The number of benzene rings is 2. The number of nitrogen functional groups attached to an aromatic ring is 1. The van der Waals surface area contributed by atoms with Gasteiger partial charge in [0.25, 0.3) is 0 Å². The number of aromatic nitrogens is 3. The molecule has 5 rings (SSSR count). The molecule has 0 atom stereocenters. The van der Waals surface area contributed by atoms with Crippen LogP contribution in [0.25, 0.3) is 22.0 Å². The molecular weight excluding hydrogens is 364 g/mol. The molecule has 0 saturated heterocycles. The quantitative estimate of drug-likeness (QED) is 0.461.